The van der Waals surface area contributed by atoms with Gasteiger partial charge in [0.2, 0.25) is 5.91 Å². The average Bonchev–Trinajstić information content (AvgIpc) is 2.93. The molecule has 1 aromatic carbocycles. The second-order valence-electron chi connectivity index (χ2n) is 7.34. The lowest BCUT2D eigenvalue weighted by Gasteiger charge is -2.45. The molecule has 142 valence electrons. The number of fused-ring (bicyclic) bond motifs is 1. The number of piperidine rings is 1. The fraction of sp³-hybridized carbons (Fsp3) is 0.450. The van der Waals surface area contributed by atoms with E-state index in [0.29, 0.717) is 25.9 Å². The molecule has 7 nitrogen and oxygen atoms in total. The molecule has 1 amide bonds. The highest BCUT2D eigenvalue weighted by Gasteiger charge is 2.55. The van der Waals surface area contributed by atoms with E-state index in [1.807, 2.05) is 30.3 Å². The van der Waals surface area contributed by atoms with E-state index in [9.17, 15) is 14.7 Å². The molecule has 1 spiro atoms. The highest BCUT2D eigenvalue weighted by atomic mass is 16.5. The highest BCUT2D eigenvalue weighted by Crippen LogP contribution is 2.43. The molecule has 0 saturated carbocycles. The van der Waals surface area contributed by atoms with Gasteiger partial charge in [0.1, 0.15) is 17.1 Å². The molecule has 7 heteroatoms. The zero-order chi connectivity index (χ0) is 19.2. The molecule has 3 heterocycles. The number of hydrogen-bond donors (Lipinski definition) is 1. The van der Waals surface area contributed by atoms with Crippen LogP contribution < -0.4 is 9.64 Å². The maximum absolute atomic E-state index is 12.2. The molecular formula is C20H23N3O4. The molecule has 0 unspecified atom stereocenters. The number of rotatable bonds is 3. The van der Waals surface area contributed by atoms with E-state index in [0.717, 1.165) is 22.5 Å². The Morgan fingerprint density at radius 2 is 2.00 bits per heavy atom. The standard InChI is InChI=1S/C20H23N3O4/c1-22-17(24)12-14(19(25)26)20(22)8-10-23(11-9-20)16-7-6-13-4-3-5-15(27-2)18(13)21-16/h3-7,14H,8-12H2,1-2H3,(H,25,26)/t14-/m0/s1. The van der Waals surface area contributed by atoms with Crippen LogP contribution in [0, 0.1) is 5.92 Å². The molecule has 1 N–H and O–H groups in total. The van der Waals surface area contributed by atoms with Gasteiger partial charge in [-0.15, -0.1) is 0 Å². The third-order valence-corrected chi connectivity index (χ3v) is 6.21. The number of nitrogens with zero attached hydrogens (tertiary/aromatic N) is 3. The monoisotopic (exact) mass is 369 g/mol. The number of amides is 1. The van der Waals surface area contributed by atoms with Crippen molar-refractivity contribution in [1.82, 2.24) is 9.88 Å². The third-order valence-electron chi connectivity index (χ3n) is 6.21. The first-order chi connectivity index (χ1) is 13.0. The topological polar surface area (TPSA) is 83.0 Å². The van der Waals surface area contributed by atoms with Gasteiger partial charge in [-0.05, 0) is 31.0 Å². The number of hydrogen-bond acceptors (Lipinski definition) is 5. The predicted octanol–water partition coefficient (Wildman–Crippen LogP) is 2.15. The normalized spacial score (nSPS) is 21.9. The largest absolute Gasteiger partial charge is 0.494 e. The third kappa shape index (κ3) is 2.69. The predicted molar refractivity (Wildman–Crippen MR) is 101 cm³/mol. The van der Waals surface area contributed by atoms with E-state index in [1.165, 1.54) is 0 Å². The molecule has 2 aliphatic heterocycles. The van der Waals surface area contributed by atoms with Gasteiger partial charge >= 0.3 is 5.97 Å². The molecule has 2 saturated heterocycles. The molecule has 1 aromatic heterocycles. The van der Waals surface area contributed by atoms with Crippen molar-refractivity contribution in [3.8, 4) is 5.75 Å². The maximum atomic E-state index is 12.2. The molecule has 4 rings (SSSR count). The first-order valence-corrected chi connectivity index (χ1v) is 9.14. The summed E-state index contributed by atoms with van der Waals surface area (Å²) in [5.41, 5.74) is 0.225. The van der Waals surface area contributed by atoms with Gasteiger partial charge in [0.25, 0.3) is 0 Å². The fourth-order valence-electron chi connectivity index (χ4n) is 4.56. The van der Waals surface area contributed by atoms with Gasteiger partial charge in [-0.25, -0.2) is 4.98 Å². The van der Waals surface area contributed by atoms with Crippen molar-refractivity contribution in [2.75, 3.05) is 32.1 Å². The number of carboxylic acid groups (broad SMARTS) is 1. The number of likely N-dealkylation sites (tertiary alicyclic amines) is 1. The lowest BCUT2D eigenvalue weighted by Crippen LogP contribution is -2.56. The molecule has 0 radical (unpaired) electrons. The summed E-state index contributed by atoms with van der Waals surface area (Å²) >= 11 is 0. The van der Waals surface area contributed by atoms with Crippen molar-refractivity contribution in [3.63, 3.8) is 0 Å². The van der Waals surface area contributed by atoms with Gasteiger partial charge in [-0.2, -0.15) is 0 Å². The summed E-state index contributed by atoms with van der Waals surface area (Å²) < 4.78 is 5.42. The highest BCUT2D eigenvalue weighted by molar-refractivity contribution is 5.88. The van der Waals surface area contributed by atoms with Gasteiger partial charge in [-0.1, -0.05) is 12.1 Å². The number of ether oxygens (including phenoxy) is 1. The van der Waals surface area contributed by atoms with Crippen molar-refractivity contribution in [3.05, 3.63) is 30.3 Å². The smallest absolute Gasteiger partial charge is 0.309 e. The van der Waals surface area contributed by atoms with Crippen molar-refractivity contribution >= 4 is 28.6 Å². The van der Waals surface area contributed by atoms with Crippen LogP contribution in [0.1, 0.15) is 19.3 Å². The van der Waals surface area contributed by atoms with Crippen LogP contribution in [0.4, 0.5) is 5.82 Å². The molecule has 2 aliphatic rings. The Hall–Kier alpha value is -2.83. The summed E-state index contributed by atoms with van der Waals surface area (Å²) in [6.45, 7) is 1.32. The number of carbonyl (C=O) groups is 2. The summed E-state index contributed by atoms with van der Waals surface area (Å²) in [7, 11) is 3.37. The van der Waals surface area contributed by atoms with Crippen LogP contribution in [-0.2, 0) is 9.59 Å². The number of aliphatic carboxylic acids is 1. The van der Waals surface area contributed by atoms with Gasteiger partial charge in [-0.3, -0.25) is 9.59 Å². The number of anilines is 1. The average molecular weight is 369 g/mol. The zero-order valence-electron chi connectivity index (χ0n) is 15.5. The Morgan fingerprint density at radius 3 is 2.67 bits per heavy atom. The van der Waals surface area contributed by atoms with E-state index in [-0.39, 0.29) is 12.3 Å². The van der Waals surface area contributed by atoms with Crippen LogP contribution in [0.2, 0.25) is 0 Å². The summed E-state index contributed by atoms with van der Waals surface area (Å²) in [6.07, 6.45) is 1.34. The maximum Gasteiger partial charge on any atom is 0.309 e. The van der Waals surface area contributed by atoms with Crippen molar-refractivity contribution in [1.29, 1.82) is 0 Å². The van der Waals surface area contributed by atoms with Crippen LogP contribution in [0.25, 0.3) is 10.9 Å². The van der Waals surface area contributed by atoms with E-state index in [2.05, 4.69) is 4.90 Å². The van der Waals surface area contributed by atoms with Crippen LogP contribution >= 0.6 is 0 Å². The second kappa shape index (κ2) is 6.40. The minimum absolute atomic E-state index is 0.0792. The molecule has 0 aliphatic carbocycles. The van der Waals surface area contributed by atoms with Crippen LogP contribution in [0.5, 0.6) is 5.75 Å². The number of carbonyl (C=O) groups excluding carboxylic acids is 1. The molecule has 0 bridgehead atoms. The SMILES string of the molecule is COc1cccc2ccc(N3CCC4(CC3)[C@H](C(=O)O)CC(=O)N4C)nc12. The summed E-state index contributed by atoms with van der Waals surface area (Å²) in [5.74, 6) is -0.0171. The number of aromatic nitrogens is 1. The van der Waals surface area contributed by atoms with E-state index in [1.54, 1.807) is 19.1 Å². The number of pyridine rings is 1. The Kier molecular flexibility index (Phi) is 4.17. The van der Waals surface area contributed by atoms with Crippen LogP contribution in [0.15, 0.2) is 30.3 Å². The van der Waals surface area contributed by atoms with Crippen LogP contribution in [0.3, 0.4) is 0 Å². The minimum atomic E-state index is -0.880. The van der Waals surface area contributed by atoms with Gasteiger partial charge < -0.3 is 19.6 Å². The fourth-order valence-corrected chi connectivity index (χ4v) is 4.56. The molecular weight excluding hydrogens is 346 g/mol. The Morgan fingerprint density at radius 1 is 1.26 bits per heavy atom. The van der Waals surface area contributed by atoms with Gasteiger partial charge in [0.05, 0.1) is 18.6 Å². The van der Waals surface area contributed by atoms with Crippen molar-refractivity contribution in [2.24, 2.45) is 5.92 Å². The van der Waals surface area contributed by atoms with Gasteiger partial charge in [0.15, 0.2) is 0 Å². The summed E-state index contributed by atoms with van der Waals surface area (Å²) in [6, 6.07) is 9.83. The summed E-state index contributed by atoms with van der Waals surface area (Å²) in [4.78, 5) is 32.5. The number of para-hydroxylation sites is 1. The number of benzene rings is 1. The quantitative estimate of drug-likeness (QED) is 0.893. The van der Waals surface area contributed by atoms with Crippen LogP contribution in [-0.4, -0.2) is 59.7 Å². The lowest BCUT2D eigenvalue weighted by molar-refractivity contribution is -0.145. The zero-order valence-corrected chi connectivity index (χ0v) is 15.5. The lowest BCUT2D eigenvalue weighted by atomic mass is 9.77. The van der Waals surface area contributed by atoms with Crippen molar-refractivity contribution < 1.29 is 19.4 Å². The first kappa shape index (κ1) is 17.6. The van der Waals surface area contributed by atoms with Gasteiger partial charge in [0, 0.05) is 31.9 Å². The second-order valence-corrected chi connectivity index (χ2v) is 7.34. The number of carboxylic acids is 1. The number of methoxy groups -OCH3 is 1. The minimum Gasteiger partial charge on any atom is -0.494 e. The molecule has 2 aromatic rings. The Labute approximate surface area is 157 Å². The first-order valence-electron chi connectivity index (χ1n) is 9.14. The summed E-state index contributed by atoms with van der Waals surface area (Å²) in [5, 5.41) is 10.6. The van der Waals surface area contributed by atoms with Crippen molar-refractivity contribution in [2.45, 2.75) is 24.8 Å². The molecule has 1 atom stereocenters. The Balaban J connectivity index is 1.60. The van der Waals surface area contributed by atoms with E-state index >= 15 is 0 Å². The Bertz CT molecular complexity index is 905. The van der Waals surface area contributed by atoms with E-state index in [4.69, 9.17) is 9.72 Å². The van der Waals surface area contributed by atoms with E-state index < -0.39 is 17.4 Å². The molecule has 27 heavy (non-hydrogen) atoms. The molecule has 2 fully saturated rings.